The van der Waals surface area contributed by atoms with Crippen molar-refractivity contribution in [2.24, 2.45) is 0 Å². The number of alkyl halides is 1. The second-order valence-corrected chi connectivity index (χ2v) is 5.11. The number of ether oxygens (including phenoxy) is 1. The molecular weight excluding hydrogens is 338 g/mol. The van der Waals surface area contributed by atoms with Crippen molar-refractivity contribution in [1.29, 1.82) is 0 Å². The van der Waals surface area contributed by atoms with Gasteiger partial charge in [-0.05, 0) is 35.9 Å². The van der Waals surface area contributed by atoms with E-state index < -0.39 is 5.82 Å². The number of halogens is 4. The lowest BCUT2D eigenvalue weighted by Gasteiger charge is -2.09. The summed E-state index contributed by atoms with van der Waals surface area (Å²) in [5.74, 6) is -0.583. The van der Waals surface area contributed by atoms with Crippen LogP contribution in [0.2, 0.25) is 0 Å². The average molecular weight is 348 g/mol. The van der Waals surface area contributed by atoms with Crippen molar-refractivity contribution >= 4 is 27.5 Å². The summed E-state index contributed by atoms with van der Waals surface area (Å²) in [6.07, 6.45) is 0. The fraction of sp³-hybridized carbons (Fsp3) is 0.143. The Bertz CT molecular complexity index is 590. The van der Waals surface area contributed by atoms with Gasteiger partial charge >= 0.3 is 0 Å². The molecule has 0 spiro atoms. The van der Waals surface area contributed by atoms with Crippen molar-refractivity contribution in [3.63, 3.8) is 0 Å². The molecule has 5 heteroatoms. The van der Waals surface area contributed by atoms with Gasteiger partial charge in [0.2, 0.25) is 0 Å². The van der Waals surface area contributed by atoms with E-state index in [0.29, 0.717) is 11.1 Å². The zero-order valence-corrected chi connectivity index (χ0v) is 12.1. The molecule has 0 amide bonds. The maximum atomic E-state index is 13.6. The zero-order chi connectivity index (χ0) is 13.8. The third kappa shape index (κ3) is 3.67. The molecule has 0 fully saturated rings. The SMILES string of the molecule is Fc1ccc(Br)cc1COc1ccc(CCl)cc1F. The number of hydrogen-bond donors (Lipinski definition) is 0. The van der Waals surface area contributed by atoms with E-state index in [1.165, 1.54) is 18.2 Å². The molecule has 0 aliphatic heterocycles. The van der Waals surface area contributed by atoms with Crippen LogP contribution in [0, 0.1) is 11.6 Å². The molecule has 0 radical (unpaired) electrons. The van der Waals surface area contributed by atoms with Crippen LogP contribution in [0.4, 0.5) is 8.78 Å². The number of benzene rings is 2. The first-order chi connectivity index (χ1) is 9.10. The third-order valence-electron chi connectivity index (χ3n) is 2.54. The van der Waals surface area contributed by atoms with E-state index in [1.807, 2.05) is 0 Å². The van der Waals surface area contributed by atoms with Crippen LogP contribution in [0.3, 0.4) is 0 Å². The molecule has 2 aromatic rings. The molecule has 0 saturated heterocycles. The molecule has 100 valence electrons. The summed E-state index contributed by atoms with van der Waals surface area (Å²) in [4.78, 5) is 0. The summed E-state index contributed by atoms with van der Waals surface area (Å²) >= 11 is 8.85. The normalized spacial score (nSPS) is 10.5. The first kappa shape index (κ1) is 14.3. The summed E-state index contributed by atoms with van der Waals surface area (Å²) in [6, 6.07) is 8.98. The fourth-order valence-corrected chi connectivity index (χ4v) is 2.13. The van der Waals surface area contributed by atoms with Crippen LogP contribution in [0.25, 0.3) is 0 Å². The van der Waals surface area contributed by atoms with Gasteiger partial charge in [0.05, 0.1) is 0 Å². The van der Waals surface area contributed by atoms with Gasteiger partial charge in [-0.3, -0.25) is 0 Å². The van der Waals surface area contributed by atoms with E-state index in [0.717, 1.165) is 4.47 Å². The largest absolute Gasteiger partial charge is 0.486 e. The van der Waals surface area contributed by atoms with Crippen molar-refractivity contribution in [1.82, 2.24) is 0 Å². The van der Waals surface area contributed by atoms with Gasteiger partial charge in [0.15, 0.2) is 11.6 Å². The van der Waals surface area contributed by atoms with Crippen molar-refractivity contribution in [2.75, 3.05) is 0 Å². The highest BCUT2D eigenvalue weighted by Crippen LogP contribution is 2.22. The predicted molar refractivity (Wildman–Crippen MR) is 74.4 cm³/mol. The minimum atomic E-state index is -0.506. The second-order valence-electron chi connectivity index (χ2n) is 3.92. The molecule has 19 heavy (non-hydrogen) atoms. The van der Waals surface area contributed by atoms with Crippen molar-refractivity contribution < 1.29 is 13.5 Å². The molecule has 0 unspecified atom stereocenters. The first-order valence-electron chi connectivity index (χ1n) is 5.51. The summed E-state index contributed by atoms with van der Waals surface area (Å²) in [6.45, 7) is -0.0393. The number of hydrogen-bond acceptors (Lipinski definition) is 1. The molecule has 1 nitrogen and oxygen atoms in total. The first-order valence-corrected chi connectivity index (χ1v) is 6.84. The standard InChI is InChI=1S/C14H10BrClF2O/c15-11-2-3-12(17)10(6-11)8-19-14-4-1-9(7-16)5-13(14)18/h1-6H,7-8H2. The lowest BCUT2D eigenvalue weighted by molar-refractivity contribution is 0.284. The molecule has 0 N–H and O–H groups in total. The Labute approximate surface area is 123 Å². The lowest BCUT2D eigenvalue weighted by Crippen LogP contribution is -2.00. The third-order valence-corrected chi connectivity index (χ3v) is 3.34. The topological polar surface area (TPSA) is 9.23 Å². The molecule has 0 heterocycles. The smallest absolute Gasteiger partial charge is 0.165 e. The molecule has 0 bridgehead atoms. The molecule has 2 rings (SSSR count). The van der Waals surface area contributed by atoms with E-state index in [4.69, 9.17) is 16.3 Å². The van der Waals surface area contributed by atoms with Crippen LogP contribution >= 0.6 is 27.5 Å². The lowest BCUT2D eigenvalue weighted by atomic mass is 10.2. The van der Waals surface area contributed by atoms with Gasteiger partial charge < -0.3 is 4.74 Å². The summed E-state index contributed by atoms with van der Waals surface area (Å²) in [5.41, 5.74) is 1.02. The quantitative estimate of drug-likeness (QED) is 0.704. The predicted octanol–water partition coefficient (Wildman–Crippen LogP) is 5.05. The maximum absolute atomic E-state index is 13.6. The van der Waals surface area contributed by atoms with Gasteiger partial charge in [-0.25, -0.2) is 8.78 Å². The van der Waals surface area contributed by atoms with Crippen molar-refractivity contribution in [2.45, 2.75) is 12.5 Å². The second kappa shape index (κ2) is 6.35. The highest BCUT2D eigenvalue weighted by atomic mass is 79.9. The minimum Gasteiger partial charge on any atom is -0.486 e. The van der Waals surface area contributed by atoms with Crippen LogP contribution in [0.1, 0.15) is 11.1 Å². The average Bonchev–Trinajstić information content (AvgIpc) is 2.40. The Morgan fingerprint density at radius 2 is 1.84 bits per heavy atom. The van der Waals surface area contributed by atoms with E-state index in [9.17, 15) is 8.78 Å². The van der Waals surface area contributed by atoms with Crippen LogP contribution in [0.15, 0.2) is 40.9 Å². The monoisotopic (exact) mass is 346 g/mol. The summed E-state index contributed by atoms with van der Waals surface area (Å²) < 4.78 is 33.1. The molecule has 0 saturated carbocycles. The van der Waals surface area contributed by atoms with Gasteiger partial charge in [0.1, 0.15) is 12.4 Å². The van der Waals surface area contributed by atoms with Crippen LogP contribution in [0.5, 0.6) is 5.75 Å². The Balaban J connectivity index is 2.12. The van der Waals surface area contributed by atoms with Crippen LogP contribution in [-0.4, -0.2) is 0 Å². The zero-order valence-electron chi connectivity index (χ0n) is 9.80. The van der Waals surface area contributed by atoms with Crippen LogP contribution < -0.4 is 4.74 Å². The van der Waals surface area contributed by atoms with E-state index in [1.54, 1.807) is 18.2 Å². The highest BCUT2D eigenvalue weighted by molar-refractivity contribution is 9.10. The van der Waals surface area contributed by atoms with Gasteiger partial charge in [-0.1, -0.05) is 22.0 Å². The fourth-order valence-electron chi connectivity index (χ4n) is 1.55. The molecule has 2 aromatic carbocycles. The molecule has 0 aromatic heterocycles. The van der Waals surface area contributed by atoms with Gasteiger partial charge in [-0.15, -0.1) is 11.6 Å². The van der Waals surface area contributed by atoms with Gasteiger partial charge in [-0.2, -0.15) is 0 Å². The van der Waals surface area contributed by atoms with Gasteiger partial charge in [0, 0.05) is 15.9 Å². The Kier molecular flexibility index (Phi) is 4.77. The number of rotatable bonds is 4. The molecular formula is C14H10BrClF2O. The molecule has 0 aliphatic rings. The minimum absolute atomic E-state index is 0.0393. The van der Waals surface area contributed by atoms with E-state index >= 15 is 0 Å². The summed E-state index contributed by atoms with van der Waals surface area (Å²) in [5, 5.41) is 0. The maximum Gasteiger partial charge on any atom is 0.165 e. The van der Waals surface area contributed by atoms with Crippen molar-refractivity contribution in [3.05, 3.63) is 63.6 Å². The van der Waals surface area contributed by atoms with E-state index in [2.05, 4.69) is 15.9 Å². The Hall–Kier alpha value is -1.13. The highest BCUT2D eigenvalue weighted by Gasteiger charge is 2.07. The van der Waals surface area contributed by atoms with Crippen LogP contribution in [-0.2, 0) is 12.5 Å². The molecule has 0 atom stereocenters. The summed E-state index contributed by atoms with van der Waals surface area (Å²) in [7, 11) is 0. The van der Waals surface area contributed by atoms with Gasteiger partial charge in [0.25, 0.3) is 0 Å². The van der Waals surface area contributed by atoms with Crippen molar-refractivity contribution in [3.8, 4) is 5.75 Å². The molecule has 0 aliphatic carbocycles. The Morgan fingerprint density at radius 3 is 2.53 bits per heavy atom. The van der Waals surface area contributed by atoms with E-state index in [-0.39, 0.29) is 24.1 Å². The Morgan fingerprint density at radius 1 is 1.05 bits per heavy atom.